The molecule has 0 saturated carbocycles. The van der Waals surface area contributed by atoms with E-state index < -0.39 is 0 Å². The summed E-state index contributed by atoms with van der Waals surface area (Å²) in [6, 6.07) is 9.86. The van der Waals surface area contributed by atoms with Gasteiger partial charge < -0.3 is 4.90 Å². The van der Waals surface area contributed by atoms with Crippen LogP contribution in [0.1, 0.15) is 17.4 Å². The summed E-state index contributed by atoms with van der Waals surface area (Å²) in [6.07, 6.45) is 0.938. The number of benzene rings is 1. The van der Waals surface area contributed by atoms with Crippen LogP contribution >= 0.6 is 27.3 Å². The first-order valence-corrected chi connectivity index (χ1v) is 8.21. The van der Waals surface area contributed by atoms with Gasteiger partial charge in [0.1, 0.15) is 5.82 Å². The van der Waals surface area contributed by atoms with Gasteiger partial charge in [-0.3, -0.25) is 0 Å². The molecule has 1 aromatic heterocycles. The standard InChI is InChI=1S/C15H17BrFNS/c1-11(8-13-4-3-7-19-13)18(2)15-6-5-12(10-16)9-14(15)17/h3-7,9,11H,8,10H2,1-2H3. The van der Waals surface area contributed by atoms with E-state index in [1.54, 1.807) is 17.4 Å². The van der Waals surface area contributed by atoms with Crippen molar-refractivity contribution < 1.29 is 4.39 Å². The van der Waals surface area contributed by atoms with Crippen molar-refractivity contribution >= 4 is 33.0 Å². The summed E-state index contributed by atoms with van der Waals surface area (Å²) in [7, 11) is 1.95. The Morgan fingerprint density at radius 2 is 2.16 bits per heavy atom. The van der Waals surface area contributed by atoms with E-state index in [0.29, 0.717) is 11.0 Å². The molecule has 1 unspecified atom stereocenters. The van der Waals surface area contributed by atoms with Gasteiger partial charge in [0.15, 0.2) is 0 Å². The molecule has 1 atom stereocenters. The zero-order valence-corrected chi connectivity index (χ0v) is 13.5. The molecule has 0 amide bonds. The van der Waals surface area contributed by atoms with Crippen molar-refractivity contribution in [1.82, 2.24) is 0 Å². The van der Waals surface area contributed by atoms with Crippen LogP contribution in [-0.2, 0) is 11.8 Å². The lowest BCUT2D eigenvalue weighted by molar-refractivity contribution is 0.604. The van der Waals surface area contributed by atoms with Crippen molar-refractivity contribution in [3.63, 3.8) is 0 Å². The van der Waals surface area contributed by atoms with Crippen molar-refractivity contribution in [1.29, 1.82) is 0 Å². The maximum Gasteiger partial charge on any atom is 0.146 e. The zero-order chi connectivity index (χ0) is 13.8. The summed E-state index contributed by atoms with van der Waals surface area (Å²) >= 11 is 5.09. The molecule has 0 aliphatic carbocycles. The van der Waals surface area contributed by atoms with Crippen LogP contribution in [0, 0.1) is 5.82 Å². The molecule has 4 heteroatoms. The van der Waals surface area contributed by atoms with Crippen molar-refractivity contribution in [3.05, 3.63) is 52.0 Å². The smallest absolute Gasteiger partial charge is 0.146 e. The molecular weight excluding hydrogens is 325 g/mol. The summed E-state index contributed by atoms with van der Waals surface area (Å²) < 4.78 is 14.1. The summed E-state index contributed by atoms with van der Waals surface area (Å²) in [5.74, 6) is -0.155. The molecule has 0 bridgehead atoms. The lowest BCUT2D eigenvalue weighted by atomic mass is 10.1. The highest BCUT2D eigenvalue weighted by molar-refractivity contribution is 9.08. The molecule has 0 aliphatic heterocycles. The number of hydrogen-bond acceptors (Lipinski definition) is 2. The average Bonchev–Trinajstić information content (AvgIpc) is 2.90. The van der Waals surface area contributed by atoms with Gasteiger partial charge in [-0.05, 0) is 36.1 Å². The average molecular weight is 342 g/mol. The van der Waals surface area contributed by atoms with Gasteiger partial charge in [0.2, 0.25) is 0 Å². The Kier molecular flexibility index (Phi) is 4.99. The molecule has 0 radical (unpaired) electrons. The van der Waals surface area contributed by atoms with Crippen molar-refractivity contribution in [2.24, 2.45) is 0 Å². The van der Waals surface area contributed by atoms with Gasteiger partial charge >= 0.3 is 0 Å². The minimum absolute atomic E-state index is 0.155. The number of rotatable bonds is 5. The second-order valence-corrected chi connectivity index (χ2v) is 6.26. The van der Waals surface area contributed by atoms with Crippen LogP contribution in [0.15, 0.2) is 35.7 Å². The number of anilines is 1. The van der Waals surface area contributed by atoms with Crippen molar-refractivity contribution in [2.75, 3.05) is 11.9 Å². The van der Waals surface area contributed by atoms with E-state index in [1.807, 2.05) is 24.1 Å². The molecule has 0 aliphatic rings. The molecule has 102 valence electrons. The first-order chi connectivity index (χ1) is 9.11. The van der Waals surface area contributed by atoms with Crippen LogP contribution in [0.25, 0.3) is 0 Å². The predicted octanol–water partition coefficient (Wildman–Crippen LogP) is 4.85. The Balaban J connectivity index is 2.12. The SMILES string of the molecule is CC(Cc1cccs1)N(C)c1ccc(CBr)cc1F. The van der Waals surface area contributed by atoms with Gasteiger partial charge in [0.05, 0.1) is 5.69 Å². The summed E-state index contributed by atoms with van der Waals surface area (Å²) in [5, 5.41) is 2.76. The van der Waals surface area contributed by atoms with Crippen molar-refractivity contribution in [2.45, 2.75) is 24.7 Å². The maximum atomic E-state index is 14.1. The van der Waals surface area contributed by atoms with Gasteiger partial charge in [-0.25, -0.2) is 4.39 Å². The van der Waals surface area contributed by atoms with E-state index in [0.717, 1.165) is 12.0 Å². The van der Waals surface area contributed by atoms with E-state index >= 15 is 0 Å². The Labute approximate surface area is 126 Å². The molecule has 1 nitrogen and oxygen atoms in total. The van der Waals surface area contributed by atoms with E-state index in [4.69, 9.17) is 0 Å². The molecule has 19 heavy (non-hydrogen) atoms. The fraction of sp³-hybridized carbons (Fsp3) is 0.333. The highest BCUT2D eigenvalue weighted by Gasteiger charge is 2.15. The summed E-state index contributed by atoms with van der Waals surface area (Å²) in [4.78, 5) is 3.34. The van der Waals surface area contributed by atoms with Gasteiger partial charge in [-0.1, -0.05) is 28.1 Å². The third-order valence-corrected chi connectivity index (χ3v) is 4.83. The van der Waals surface area contributed by atoms with E-state index in [1.165, 1.54) is 4.88 Å². The molecule has 1 heterocycles. The highest BCUT2D eigenvalue weighted by Crippen LogP contribution is 2.24. The number of thiophene rings is 1. The van der Waals surface area contributed by atoms with Crippen LogP contribution in [0.2, 0.25) is 0 Å². The summed E-state index contributed by atoms with van der Waals surface area (Å²) in [6.45, 7) is 2.12. The lowest BCUT2D eigenvalue weighted by Gasteiger charge is -2.27. The normalized spacial score (nSPS) is 12.4. The fourth-order valence-corrected chi connectivity index (χ4v) is 3.19. The number of likely N-dealkylation sites (N-methyl/N-ethyl adjacent to an activating group) is 1. The van der Waals surface area contributed by atoms with E-state index in [9.17, 15) is 4.39 Å². The third kappa shape index (κ3) is 3.57. The lowest BCUT2D eigenvalue weighted by Crippen LogP contribution is -2.31. The van der Waals surface area contributed by atoms with Crippen LogP contribution < -0.4 is 4.90 Å². The molecule has 0 N–H and O–H groups in total. The molecule has 2 rings (SSSR count). The first kappa shape index (κ1) is 14.5. The fourth-order valence-electron chi connectivity index (χ4n) is 2.01. The molecular formula is C15H17BrFNS. The summed E-state index contributed by atoms with van der Waals surface area (Å²) in [5.41, 5.74) is 1.62. The number of alkyl halides is 1. The molecule has 0 saturated heterocycles. The number of halogens is 2. The van der Waals surface area contributed by atoms with E-state index in [2.05, 4.69) is 40.4 Å². The largest absolute Gasteiger partial charge is 0.369 e. The quantitative estimate of drug-likeness (QED) is 0.702. The van der Waals surface area contributed by atoms with Crippen LogP contribution in [0.5, 0.6) is 0 Å². The Morgan fingerprint density at radius 1 is 1.37 bits per heavy atom. The number of hydrogen-bond donors (Lipinski definition) is 0. The third-order valence-electron chi connectivity index (χ3n) is 3.28. The van der Waals surface area contributed by atoms with Gasteiger partial charge in [-0.2, -0.15) is 0 Å². The maximum absolute atomic E-state index is 14.1. The van der Waals surface area contributed by atoms with Crippen molar-refractivity contribution in [3.8, 4) is 0 Å². The Morgan fingerprint density at radius 3 is 2.74 bits per heavy atom. The zero-order valence-electron chi connectivity index (χ0n) is 11.1. The molecule has 0 fully saturated rings. The Hall–Kier alpha value is -0.870. The van der Waals surface area contributed by atoms with Crippen LogP contribution in [-0.4, -0.2) is 13.1 Å². The second kappa shape index (κ2) is 6.53. The minimum atomic E-state index is -0.155. The van der Waals surface area contributed by atoms with Gasteiger partial charge in [0, 0.05) is 29.7 Å². The highest BCUT2D eigenvalue weighted by atomic mass is 79.9. The first-order valence-electron chi connectivity index (χ1n) is 6.21. The number of nitrogens with zero attached hydrogens (tertiary/aromatic N) is 1. The van der Waals surface area contributed by atoms with Gasteiger partial charge in [-0.15, -0.1) is 11.3 Å². The topological polar surface area (TPSA) is 3.24 Å². The molecule has 2 aromatic rings. The second-order valence-electron chi connectivity index (χ2n) is 4.66. The van der Waals surface area contributed by atoms with Crippen LogP contribution in [0.4, 0.5) is 10.1 Å². The van der Waals surface area contributed by atoms with Gasteiger partial charge in [0.25, 0.3) is 0 Å². The predicted molar refractivity (Wildman–Crippen MR) is 84.9 cm³/mol. The van der Waals surface area contributed by atoms with Crippen LogP contribution in [0.3, 0.4) is 0 Å². The monoisotopic (exact) mass is 341 g/mol. The van der Waals surface area contributed by atoms with E-state index in [-0.39, 0.29) is 11.9 Å². The molecule has 1 aromatic carbocycles. The Bertz CT molecular complexity index is 527. The molecule has 0 spiro atoms. The minimum Gasteiger partial charge on any atom is -0.369 e.